The lowest BCUT2D eigenvalue weighted by atomic mass is 9.77. The minimum Gasteiger partial charge on any atom is -0.496 e. The molecule has 2 rings (SSSR count). The zero-order valence-corrected chi connectivity index (χ0v) is 12.2. The van der Waals surface area contributed by atoms with Gasteiger partial charge in [0.1, 0.15) is 5.75 Å². The summed E-state index contributed by atoms with van der Waals surface area (Å²) in [6.45, 7) is 1.96. The highest BCUT2D eigenvalue weighted by Crippen LogP contribution is 2.47. The van der Waals surface area contributed by atoms with Crippen LogP contribution in [-0.4, -0.2) is 18.2 Å². The van der Waals surface area contributed by atoms with Gasteiger partial charge in [0.2, 0.25) is 0 Å². The van der Waals surface area contributed by atoms with E-state index in [1.165, 1.54) is 0 Å². The van der Waals surface area contributed by atoms with Gasteiger partial charge in [0, 0.05) is 0 Å². The van der Waals surface area contributed by atoms with E-state index < -0.39 is 11.4 Å². The Bertz CT molecular complexity index is 476. The van der Waals surface area contributed by atoms with Crippen molar-refractivity contribution in [3.8, 4) is 5.75 Å². The Kier molecular flexibility index (Phi) is 3.66. The second-order valence-corrected chi connectivity index (χ2v) is 5.66. The maximum absolute atomic E-state index is 11.8. The Labute approximate surface area is 115 Å². The topological polar surface area (TPSA) is 46.5 Å². The van der Waals surface area contributed by atoms with E-state index >= 15 is 0 Å². The van der Waals surface area contributed by atoms with Crippen molar-refractivity contribution in [2.75, 3.05) is 7.11 Å². The van der Waals surface area contributed by atoms with Gasteiger partial charge in [-0.3, -0.25) is 4.79 Å². The lowest BCUT2D eigenvalue weighted by Gasteiger charge is -2.28. The number of hydrogen-bond donors (Lipinski definition) is 1. The molecule has 1 N–H and O–H groups in total. The quantitative estimate of drug-likeness (QED) is 0.926. The average molecular weight is 313 g/mol. The van der Waals surface area contributed by atoms with E-state index in [2.05, 4.69) is 15.9 Å². The van der Waals surface area contributed by atoms with Gasteiger partial charge < -0.3 is 9.84 Å². The molecular formula is C14H17BrO3. The van der Waals surface area contributed by atoms with E-state index in [0.29, 0.717) is 18.6 Å². The smallest absolute Gasteiger partial charge is 0.314 e. The van der Waals surface area contributed by atoms with Gasteiger partial charge in [-0.25, -0.2) is 0 Å². The van der Waals surface area contributed by atoms with E-state index in [-0.39, 0.29) is 0 Å². The molecule has 0 amide bonds. The number of methoxy groups -OCH3 is 1. The fraction of sp³-hybridized carbons (Fsp3) is 0.500. The normalized spacial score (nSPS) is 17.7. The number of ether oxygens (including phenoxy) is 1. The SMILES string of the molecule is COc1ccc(C)c(C2(C(=O)O)CCCC2)c1Br. The average Bonchev–Trinajstić information content (AvgIpc) is 2.80. The second-order valence-electron chi connectivity index (χ2n) is 4.87. The molecule has 1 aromatic carbocycles. The minimum absolute atomic E-state index is 0.697. The van der Waals surface area contributed by atoms with Crippen molar-refractivity contribution in [2.45, 2.75) is 38.0 Å². The van der Waals surface area contributed by atoms with Gasteiger partial charge in [0.05, 0.1) is 17.0 Å². The molecule has 1 fully saturated rings. The van der Waals surface area contributed by atoms with E-state index in [1.807, 2.05) is 19.1 Å². The molecule has 1 aromatic rings. The van der Waals surface area contributed by atoms with Crippen LogP contribution in [-0.2, 0) is 10.2 Å². The van der Waals surface area contributed by atoms with Crippen LogP contribution in [0.15, 0.2) is 16.6 Å². The molecule has 18 heavy (non-hydrogen) atoms. The summed E-state index contributed by atoms with van der Waals surface area (Å²) >= 11 is 3.52. The summed E-state index contributed by atoms with van der Waals surface area (Å²) in [6.07, 6.45) is 3.34. The van der Waals surface area contributed by atoms with Crippen molar-refractivity contribution >= 4 is 21.9 Å². The number of benzene rings is 1. The van der Waals surface area contributed by atoms with E-state index in [1.54, 1.807) is 7.11 Å². The molecule has 0 aromatic heterocycles. The van der Waals surface area contributed by atoms with Crippen molar-refractivity contribution in [3.05, 3.63) is 27.7 Å². The molecule has 0 bridgehead atoms. The number of carboxylic acid groups (broad SMARTS) is 1. The van der Waals surface area contributed by atoms with Gasteiger partial charge in [-0.15, -0.1) is 0 Å². The Morgan fingerprint density at radius 3 is 2.50 bits per heavy atom. The third-order valence-corrected chi connectivity index (χ3v) is 4.67. The van der Waals surface area contributed by atoms with Gasteiger partial charge in [0.25, 0.3) is 0 Å². The molecule has 0 aliphatic heterocycles. The number of aryl methyl sites for hydroxylation is 1. The summed E-state index contributed by atoms with van der Waals surface area (Å²) in [7, 11) is 1.60. The van der Waals surface area contributed by atoms with Crippen molar-refractivity contribution in [1.82, 2.24) is 0 Å². The maximum Gasteiger partial charge on any atom is 0.314 e. The molecular weight excluding hydrogens is 296 g/mol. The highest BCUT2D eigenvalue weighted by Gasteiger charge is 2.45. The monoisotopic (exact) mass is 312 g/mol. The third kappa shape index (κ3) is 1.92. The predicted molar refractivity (Wildman–Crippen MR) is 73.2 cm³/mol. The first kappa shape index (κ1) is 13.4. The minimum atomic E-state index is -0.753. The lowest BCUT2D eigenvalue weighted by Crippen LogP contribution is -2.34. The van der Waals surface area contributed by atoms with Gasteiger partial charge in [0.15, 0.2) is 0 Å². The third-order valence-electron chi connectivity index (χ3n) is 3.88. The van der Waals surface area contributed by atoms with Crippen LogP contribution in [0.3, 0.4) is 0 Å². The van der Waals surface area contributed by atoms with Crippen molar-refractivity contribution < 1.29 is 14.6 Å². The van der Waals surface area contributed by atoms with Crippen LogP contribution in [0.1, 0.15) is 36.8 Å². The lowest BCUT2D eigenvalue weighted by molar-refractivity contribution is -0.143. The molecule has 3 nitrogen and oxygen atoms in total. The first-order valence-electron chi connectivity index (χ1n) is 6.10. The molecule has 1 aliphatic carbocycles. The second kappa shape index (κ2) is 4.92. The number of carboxylic acids is 1. The molecule has 0 atom stereocenters. The zero-order valence-electron chi connectivity index (χ0n) is 10.6. The molecule has 0 unspecified atom stereocenters. The van der Waals surface area contributed by atoms with E-state index in [0.717, 1.165) is 28.4 Å². The zero-order chi connectivity index (χ0) is 13.3. The van der Waals surface area contributed by atoms with Crippen LogP contribution in [0.5, 0.6) is 5.75 Å². The maximum atomic E-state index is 11.8. The molecule has 0 heterocycles. The van der Waals surface area contributed by atoms with Gasteiger partial charge in [-0.2, -0.15) is 0 Å². The predicted octanol–water partition coefficient (Wildman–Crippen LogP) is 3.66. The molecule has 0 spiro atoms. The Balaban J connectivity index is 2.65. The summed E-state index contributed by atoms with van der Waals surface area (Å²) in [4.78, 5) is 11.8. The fourth-order valence-electron chi connectivity index (χ4n) is 2.95. The van der Waals surface area contributed by atoms with E-state index in [9.17, 15) is 9.90 Å². The summed E-state index contributed by atoms with van der Waals surface area (Å²) in [6, 6.07) is 3.80. The first-order chi connectivity index (χ1) is 8.53. The standard InChI is InChI=1S/C14H17BrO3/c1-9-5-6-10(18-2)12(15)11(9)14(13(16)17)7-3-4-8-14/h5-6H,3-4,7-8H2,1-2H3,(H,16,17). The summed E-state index contributed by atoms with van der Waals surface area (Å²) < 4.78 is 6.07. The summed E-state index contributed by atoms with van der Waals surface area (Å²) in [5.74, 6) is -0.0276. The van der Waals surface area contributed by atoms with Crippen molar-refractivity contribution in [1.29, 1.82) is 0 Å². The van der Waals surface area contributed by atoms with Crippen LogP contribution in [0, 0.1) is 6.92 Å². The molecule has 1 saturated carbocycles. The summed E-state index contributed by atoms with van der Waals surface area (Å²) in [5, 5.41) is 9.67. The van der Waals surface area contributed by atoms with Gasteiger partial charge >= 0.3 is 5.97 Å². The molecule has 98 valence electrons. The van der Waals surface area contributed by atoms with Crippen molar-refractivity contribution in [2.24, 2.45) is 0 Å². The number of carbonyl (C=O) groups is 1. The highest BCUT2D eigenvalue weighted by molar-refractivity contribution is 9.10. The molecule has 1 aliphatic rings. The number of rotatable bonds is 3. The van der Waals surface area contributed by atoms with Crippen LogP contribution in [0.25, 0.3) is 0 Å². The number of hydrogen-bond acceptors (Lipinski definition) is 2. The highest BCUT2D eigenvalue weighted by atomic mass is 79.9. The van der Waals surface area contributed by atoms with Gasteiger partial charge in [-0.1, -0.05) is 18.9 Å². The largest absolute Gasteiger partial charge is 0.496 e. The van der Waals surface area contributed by atoms with Crippen LogP contribution in [0.2, 0.25) is 0 Å². The van der Waals surface area contributed by atoms with Gasteiger partial charge in [-0.05, 0) is 52.9 Å². The van der Waals surface area contributed by atoms with Crippen LogP contribution >= 0.6 is 15.9 Å². The number of halogens is 1. The van der Waals surface area contributed by atoms with Crippen LogP contribution < -0.4 is 4.74 Å². The Hall–Kier alpha value is -1.03. The van der Waals surface area contributed by atoms with Crippen molar-refractivity contribution in [3.63, 3.8) is 0 Å². The van der Waals surface area contributed by atoms with E-state index in [4.69, 9.17) is 4.74 Å². The molecule has 4 heteroatoms. The van der Waals surface area contributed by atoms with Crippen LogP contribution in [0.4, 0.5) is 0 Å². The Morgan fingerprint density at radius 2 is 2.00 bits per heavy atom. The molecule has 0 radical (unpaired) electrons. The molecule has 0 saturated heterocycles. The summed E-state index contributed by atoms with van der Waals surface area (Å²) in [5.41, 5.74) is 1.14. The first-order valence-corrected chi connectivity index (χ1v) is 6.89. The fourth-order valence-corrected chi connectivity index (χ4v) is 3.93. The number of aliphatic carboxylic acids is 1. The Morgan fingerprint density at radius 1 is 1.39 bits per heavy atom.